The lowest BCUT2D eigenvalue weighted by Crippen LogP contribution is -2.02. The second-order valence-electron chi connectivity index (χ2n) is 5.02. The van der Waals surface area contributed by atoms with Gasteiger partial charge in [0.25, 0.3) is 0 Å². The topological polar surface area (TPSA) is 54.0 Å². The molecule has 23 heavy (non-hydrogen) atoms. The van der Waals surface area contributed by atoms with Gasteiger partial charge in [0.15, 0.2) is 17.3 Å². The highest BCUT2D eigenvalue weighted by Crippen LogP contribution is 2.40. The molecule has 0 aromatic heterocycles. The van der Waals surface area contributed by atoms with Gasteiger partial charge in [0.2, 0.25) is 6.79 Å². The zero-order chi connectivity index (χ0) is 16.4. The third-order valence-electron chi connectivity index (χ3n) is 3.45. The molecule has 0 atom stereocenters. The van der Waals surface area contributed by atoms with Gasteiger partial charge in [0.05, 0.1) is 17.7 Å². The molecule has 0 unspecified atom stereocenters. The van der Waals surface area contributed by atoms with E-state index in [0.29, 0.717) is 33.6 Å². The van der Waals surface area contributed by atoms with Crippen LogP contribution in [0.15, 0.2) is 30.3 Å². The molecule has 0 amide bonds. The molecule has 1 aliphatic heterocycles. The molecule has 6 heteroatoms. The van der Waals surface area contributed by atoms with Gasteiger partial charge in [-0.2, -0.15) is 0 Å². The van der Waals surface area contributed by atoms with Crippen molar-refractivity contribution in [3.8, 4) is 23.0 Å². The van der Waals surface area contributed by atoms with Crippen LogP contribution in [-0.2, 0) is 6.61 Å². The first-order chi connectivity index (χ1) is 11.1. The van der Waals surface area contributed by atoms with Crippen molar-refractivity contribution in [2.75, 3.05) is 13.9 Å². The highest BCUT2D eigenvalue weighted by atomic mass is 35.5. The number of hydrogen-bond acceptors (Lipinski definition) is 5. The minimum Gasteiger partial charge on any atom is -0.497 e. The fourth-order valence-electron chi connectivity index (χ4n) is 2.31. The summed E-state index contributed by atoms with van der Waals surface area (Å²) in [6.45, 7) is 1.89. The highest BCUT2D eigenvalue weighted by Gasteiger charge is 2.19. The van der Waals surface area contributed by atoms with Gasteiger partial charge in [-0.25, -0.2) is 0 Å². The van der Waals surface area contributed by atoms with Crippen LogP contribution >= 0.6 is 11.6 Å². The highest BCUT2D eigenvalue weighted by molar-refractivity contribution is 6.32. The Morgan fingerprint density at radius 3 is 2.83 bits per heavy atom. The molecule has 2 aromatic carbocycles. The molecular formula is C17H15ClO5. The summed E-state index contributed by atoms with van der Waals surface area (Å²) in [6.07, 6.45) is 0. The molecule has 5 nitrogen and oxygen atoms in total. The minimum atomic E-state index is -0.0774. The van der Waals surface area contributed by atoms with E-state index in [4.69, 9.17) is 30.5 Å². The number of carbonyl (C=O) groups excluding carboxylic acids is 1. The van der Waals surface area contributed by atoms with Gasteiger partial charge in [-0.15, -0.1) is 0 Å². The van der Waals surface area contributed by atoms with Crippen LogP contribution in [0.4, 0.5) is 0 Å². The summed E-state index contributed by atoms with van der Waals surface area (Å²) in [5.74, 6) is 2.14. The van der Waals surface area contributed by atoms with Crippen LogP contribution in [0.5, 0.6) is 23.0 Å². The Morgan fingerprint density at radius 1 is 1.26 bits per heavy atom. The maximum atomic E-state index is 11.7. The predicted octanol–water partition coefficient (Wildman–Crippen LogP) is 3.86. The predicted molar refractivity (Wildman–Crippen MR) is 84.9 cm³/mol. The maximum Gasteiger partial charge on any atom is 0.231 e. The lowest BCUT2D eigenvalue weighted by atomic mass is 10.1. The number of Topliss-reactive ketones (excluding diaryl/α,β-unsaturated/α-hetero) is 1. The van der Waals surface area contributed by atoms with Crippen molar-refractivity contribution in [3.63, 3.8) is 0 Å². The summed E-state index contributed by atoms with van der Waals surface area (Å²) in [5, 5.41) is 0.469. The van der Waals surface area contributed by atoms with Crippen molar-refractivity contribution in [2.45, 2.75) is 13.5 Å². The smallest absolute Gasteiger partial charge is 0.231 e. The van der Waals surface area contributed by atoms with Crippen LogP contribution in [-0.4, -0.2) is 19.7 Å². The molecule has 0 saturated heterocycles. The Kier molecular flexibility index (Phi) is 4.30. The van der Waals surface area contributed by atoms with E-state index < -0.39 is 0 Å². The van der Waals surface area contributed by atoms with Crippen molar-refractivity contribution >= 4 is 17.4 Å². The van der Waals surface area contributed by atoms with Gasteiger partial charge in [-0.3, -0.25) is 4.79 Å². The third kappa shape index (κ3) is 3.19. The van der Waals surface area contributed by atoms with Gasteiger partial charge >= 0.3 is 0 Å². The van der Waals surface area contributed by atoms with Crippen molar-refractivity contribution in [2.24, 2.45) is 0 Å². The number of halogens is 1. The van der Waals surface area contributed by atoms with Crippen molar-refractivity contribution in [1.29, 1.82) is 0 Å². The minimum absolute atomic E-state index is 0.0774. The average Bonchev–Trinajstić information content (AvgIpc) is 3.01. The molecular weight excluding hydrogens is 320 g/mol. The second-order valence-corrected chi connectivity index (χ2v) is 5.43. The fourth-order valence-corrected chi connectivity index (χ4v) is 2.59. The Labute approximate surface area is 138 Å². The monoisotopic (exact) mass is 334 g/mol. The Morgan fingerprint density at radius 2 is 2.09 bits per heavy atom. The first-order valence-electron chi connectivity index (χ1n) is 6.98. The number of fused-ring (bicyclic) bond motifs is 1. The number of ketones is 1. The normalized spacial score (nSPS) is 12.1. The lowest BCUT2D eigenvalue weighted by Gasteiger charge is -2.12. The average molecular weight is 335 g/mol. The van der Waals surface area contributed by atoms with Gasteiger partial charge in [-0.1, -0.05) is 11.6 Å². The standard InChI is InChI=1S/C17H15ClO5/c1-10(19)13-4-3-12(20-2)7-15(13)21-8-11-5-14(18)17-16(6-11)22-9-23-17/h3-7H,8-9H2,1-2H3. The van der Waals surface area contributed by atoms with Crippen LogP contribution in [0.1, 0.15) is 22.8 Å². The third-order valence-corrected chi connectivity index (χ3v) is 3.73. The molecule has 0 aliphatic carbocycles. The van der Waals surface area contributed by atoms with Gasteiger partial charge in [-0.05, 0) is 36.8 Å². The fraction of sp³-hybridized carbons (Fsp3) is 0.235. The number of carbonyl (C=O) groups is 1. The largest absolute Gasteiger partial charge is 0.497 e. The summed E-state index contributed by atoms with van der Waals surface area (Å²) in [7, 11) is 1.56. The molecule has 0 fully saturated rings. The van der Waals surface area contributed by atoms with Gasteiger partial charge in [0, 0.05) is 6.07 Å². The molecule has 3 rings (SSSR count). The number of rotatable bonds is 5. The quantitative estimate of drug-likeness (QED) is 0.777. The summed E-state index contributed by atoms with van der Waals surface area (Å²) < 4.78 is 21.6. The first-order valence-corrected chi connectivity index (χ1v) is 7.36. The van der Waals surface area contributed by atoms with E-state index in [1.165, 1.54) is 6.92 Å². The van der Waals surface area contributed by atoms with Crippen molar-refractivity contribution in [3.05, 3.63) is 46.5 Å². The van der Waals surface area contributed by atoms with Crippen LogP contribution in [0.3, 0.4) is 0 Å². The summed E-state index contributed by atoms with van der Waals surface area (Å²) in [5.41, 5.74) is 1.31. The van der Waals surface area contributed by atoms with E-state index in [1.807, 2.05) is 6.07 Å². The Balaban J connectivity index is 1.83. The zero-order valence-corrected chi connectivity index (χ0v) is 13.5. The first kappa shape index (κ1) is 15.5. The zero-order valence-electron chi connectivity index (χ0n) is 12.7. The maximum absolute atomic E-state index is 11.7. The van der Waals surface area contributed by atoms with Crippen LogP contribution in [0, 0.1) is 0 Å². The molecule has 120 valence electrons. The number of ether oxygens (including phenoxy) is 4. The van der Waals surface area contributed by atoms with Crippen molar-refractivity contribution in [1.82, 2.24) is 0 Å². The van der Waals surface area contributed by atoms with Crippen LogP contribution in [0.25, 0.3) is 0 Å². The molecule has 2 aromatic rings. The lowest BCUT2D eigenvalue weighted by molar-refractivity contribution is 0.101. The van der Waals surface area contributed by atoms with Gasteiger partial charge in [0.1, 0.15) is 18.1 Å². The van der Waals surface area contributed by atoms with Gasteiger partial charge < -0.3 is 18.9 Å². The van der Waals surface area contributed by atoms with Crippen LogP contribution < -0.4 is 18.9 Å². The van der Waals surface area contributed by atoms with E-state index in [2.05, 4.69) is 0 Å². The molecule has 1 aliphatic rings. The Hall–Kier alpha value is -2.40. The summed E-state index contributed by atoms with van der Waals surface area (Å²) in [6, 6.07) is 8.65. The van der Waals surface area contributed by atoms with E-state index in [-0.39, 0.29) is 19.2 Å². The summed E-state index contributed by atoms with van der Waals surface area (Å²) >= 11 is 6.15. The second kappa shape index (κ2) is 6.38. The Bertz CT molecular complexity index is 757. The molecule has 0 saturated carbocycles. The SMILES string of the molecule is COc1ccc(C(C)=O)c(OCc2cc(Cl)c3c(c2)OCO3)c1. The van der Waals surface area contributed by atoms with E-state index in [0.717, 1.165) is 5.56 Å². The van der Waals surface area contributed by atoms with Crippen LogP contribution in [0.2, 0.25) is 5.02 Å². The summed E-state index contributed by atoms with van der Waals surface area (Å²) in [4.78, 5) is 11.7. The van der Waals surface area contributed by atoms with E-state index >= 15 is 0 Å². The molecule has 0 spiro atoms. The number of hydrogen-bond donors (Lipinski definition) is 0. The number of methoxy groups -OCH3 is 1. The molecule has 0 bridgehead atoms. The molecule has 0 radical (unpaired) electrons. The van der Waals surface area contributed by atoms with E-state index in [9.17, 15) is 4.79 Å². The number of benzene rings is 2. The molecule has 0 N–H and O–H groups in total. The van der Waals surface area contributed by atoms with E-state index in [1.54, 1.807) is 31.4 Å². The molecule has 1 heterocycles. The van der Waals surface area contributed by atoms with Crippen molar-refractivity contribution < 1.29 is 23.7 Å².